The predicted molar refractivity (Wildman–Crippen MR) is 85.5 cm³/mol. The van der Waals surface area contributed by atoms with E-state index in [-0.39, 0.29) is 5.92 Å². The van der Waals surface area contributed by atoms with E-state index in [1.807, 2.05) is 12.1 Å². The number of benzene rings is 2. The van der Waals surface area contributed by atoms with E-state index in [0.29, 0.717) is 21.5 Å². The van der Waals surface area contributed by atoms with Crippen LogP contribution in [0, 0.1) is 0 Å². The summed E-state index contributed by atoms with van der Waals surface area (Å²) in [6.07, 6.45) is 0. The van der Waals surface area contributed by atoms with Crippen molar-refractivity contribution in [3.63, 3.8) is 0 Å². The molecule has 0 amide bonds. The third-order valence-corrected chi connectivity index (χ3v) is 4.90. The van der Waals surface area contributed by atoms with E-state index in [1.165, 1.54) is 0 Å². The third-order valence-electron chi connectivity index (χ3n) is 3.68. The Balaban J connectivity index is 2.10. The lowest BCUT2D eigenvalue weighted by atomic mass is 9.85. The SMILES string of the molecule is O=S(O)c1cccc([C@@H]2CNCc3c(Cl)cc(Cl)cc32)c1. The molecule has 0 saturated carbocycles. The van der Waals surface area contributed by atoms with Gasteiger partial charge in [0, 0.05) is 29.1 Å². The van der Waals surface area contributed by atoms with E-state index in [1.54, 1.807) is 24.3 Å². The quantitative estimate of drug-likeness (QED) is 0.816. The topological polar surface area (TPSA) is 49.3 Å². The molecular formula is C15H13Cl2NO2S. The van der Waals surface area contributed by atoms with Gasteiger partial charge in [-0.05, 0) is 41.0 Å². The van der Waals surface area contributed by atoms with Gasteiger partial charge in [0.1, 0.15) is 0 Å². The number of nitrogens with one attached hydrogen (secondary N) is 1. The minimum absolute atomic E-state index is 0.0634. The number of hydrogen-bond donors (Lipinski definition) is 2. The molecule has 1 aliphatic rings. The van der Waals surface area contributed by atoms with Gasteiger partial charge in [0.25, 0.3) is 0 Å². The smallest absolute Gasteiger partial charge is 0.186 e. The number of halogens is 2. The van der Waals surface area contributed by atoms with Crippen molar-refractivity contribution >= 4 is 34.3 Å². The predicted octanol–water partition coefficient (Wildman–Crippen LogP) is 3.81. The van der Waals surface area contributed by atoms with Gasteiger partial charge in [-0.2, -0.15) is 0 Å². The second-order valence-corrected chi connectivity index (χ2v) is 6.77. The normalized spacial score (nSPS) is 19.1. The molecule has 1 unspecified atom stereocenters. The van der Waals surface area contributed by atoms with Crippen molar-refractivity contribution < 1.29 is 8.76 Å². The maximum Gasteiger partial charge on any atom is 0.186 e. The van der Waals surface area contributed by atoms with Crippen molar-refractivity contribution in [2.45, 2.75) is 17.4 Å². The molecule has 3 rings (SSSR count). The van der Waals surface area contributed by atoms with Crippen LogP contribution in [0.1, 0.15) is 22.6 Å². The molecule has 2 aromatic rings. The van der Waals surface area contributed by atoms with Crippen molar-refractivity contribution in [1.29, 1.82) is 0 Å². The summed E-state index contributed by atoms with van der Waals surface area (Å²) in [5.41, 5.74) is 3.08. The van der Waals surface area contributed by atoms with Crippen LogP contribution in [0.2, 0.25) is 10.0 Å². The van der Waals surface area contributed by atoms with Crippen LogP contribution in [-0.2, 0) is 17.6 Å². The van der Waals surface area contributed by atoms with Crippen LogP contribution >= 0.6 is 23.2 Å². The highest BCUT2D eigenvalue weighted by Crippen LogP contribution is 2.36. The van der Waals surface area contributed by atoms with Crippen LogP contribution < -0.4 is 5.32 Å². The molecule has 3 nitrogen and oxygen atoms in total. The highest BCUT2D eigenvalue weighted by atomic mass is 35.5. The molecule has 0 spiro atoms. The van der Waals surface area contributed by atoms with E-state index in [4.69, 9.17) is 23.2 Å². The summed E-state index contributed by atoms with van der Waals surface area (Å²) in [5.74, 6) is 0.0634. The Labute approximate surface area is 135 Å². The fourth-order valence-electron chi connectivity index (χ4n) is 2.71. The first kappa shape index (κ1) is 15.0. The summed E-state index contributed by atoms with van der Waals surface area (Å²) in [7, 11) is 0. The molecule has 2 aromatic carbocycles. The van der Waals surface area contributed by atoms with Crippen molar-refractivity contribution in [3.05, 3.63) is 63.1 Å². The van der Waals surface area contributed by atoms with Gasteiger partial charge in [-0.25, -0.2) is 4.21 Å². The Morgan fingerprint density at radius 3 is 2.81 bits per heavy atom. The molecule has 0 saturated heterocycles. The second kappa shape index (κ2) is 6.07. The summed E-state index contributed by atoms with van der Waals surface area (Å²) in [6, 6.07) is 10.8. The third kappa shape index (κ3) is 3.00. The van der Waals surface area contributed by atoms with Crippen molar-refractivity contribution in [2.24, 2.45) is 0 Å². The molecule has 0 bridgehead atoms. The fourth-order valence-corrected chi connectivity index (χ4v) is 3.72. The Morgan fingerprint density at radius 1 is 1.24 bits per heavy atom. The van der Waals surface area contributed by atoms with E-state index < -0.39 is 11.1 Å². The maximum atomic E-state index is 11.2. The number of hydrogen-bond acceptors (Lipinski definition) is 2. The van der Waals surface area contributed by atoms with Crippen LogP contribution in [0.5, 0.6) is 0 Å². The number of rotatable bonds is 2. The standard InChI is InChI=1S/C15H13Cl2NO2S/c16-10-5-12-13(7-18-8-14(12)15(17)6-10)9-2-1-3-11(4-9)21(19)20/h1-6,13,18H,7-8H2,(H,19,20)/t13-/m0/s1. The number of fused-ring (bicyclic) bond motifs is 1. The maximum absolute atomic E-state index is 11.2. The van der Waals surface area contributed by atoms with E-state index in [9.17, 15) is 8.76 Å². The molecule has 1 heterocycles. The van der Waals surface area contributed by atoms with Gasteiger partial charge < -0.3 is 9.87 Å². The molecule has 0 fully saturated rings. The molecule has 2 atom stereocenters. The summed E-state index contributed by atoms with van der Waals surface area (Å²) in [6.45, 7) is 1.44. The zero-order valence-corrected chi connectivity index (χ0v) is 13.3. The fraction of sp³-hybridized carbons (Fsp3) is 0.200. The zero-order chi connectivity index (χ0) is 15.0. The summed E-state index contributed by atoms with van der Waals surface area (Å²) >= 11 is 10.4. The van der Waals surface area contributed by atoms with Gasteiger partial charge in [0.05, 0.1) is 4.90 Å². The van der Waals surface area contributed by atoms with E-state index >= 15 is 0 Å². The van der Waals surface area contributed by atoms with E-state index in [0.717, 1.165) is 23.2 Å². The zero-order valence-electron chi connectivity index (χ0n) is 11.0. The van der Waals surface area contributed by atoms with Crippen molar-refractivity contribution in [3.8, 4) is 0 Å². The lowest BCUT2D eigenvalue weighted by molar-refractivity contribution is 0.563. The highest BCUT2D eigenvalue weighted by molar-refractivity contribution is 7.79. The van der Waals surface area contributed by atoms with Crippen LogP contribution in [0.25, 0.3) is 0 Å². The molecule has 110 valence electrons. The molecule has 1 aliphatic heterocycles. The molecule has 6 heteroatoms. The van der Waals surface area contributed by atoms with Crippen LogP contribution in [0.3, 0.4) is 0 Å². The van der Waals surface area contributed by atoms with Gasteiger partial charge in [-0.1, -0.05) is 35.3 Å². The van der Waals surface area contributed by atoms with Gasteiger partial charge in [0.15, 0.2) is 11.1 Å². The van der Waals surface area contributed by atoms with Crippen molar-refractivity contribution in [1.82, 2.24) is 5.32 Å². The summed E-state index contributed by atoms with van der Waals surface area (Å²) in [5, 5.41) is 4.59. The van der Waals surface area contributed by atoms with Gasteiger partial charge in [0.2, 0.25) is 0 Å². The molecule has 0 radical (unpaired) electrons. The van der Waals surface area contributed by atoms with Gasteiger partial charge >= 0.3 is 0 Å². The Kier molecular flexibility index (Phi) is 4.33. The Morgan fingerprint density at radius 2 is 2.05 bits per heavy atom. The Hall–Kier alpha value is -0.910. The Bertz CT molecular complexity index is 721. The first-order valence-electron chi connectivity index (χ1n) is 6.45. The van der Waals surface area contributed by atoms with Gasteiger partial charge in [-0.3, -0.25) is 0 Å². The monoisotopic (exact) mass is 341 g/mol. The molecule has 21 heavy (non-hydrogen) atoms. The lowest BCUT2D eigenvalue weighted by Crippen LogP contribution is -2.29. The first-order chi connectivity index (χ1) is 10.1. The molecular weight excluding hydrogens is 329 g/mol. The van der Waals surface area contributed by atoms with Crippen molar-refractivity contribution in [2.75, 3.05) is 6.54 Å². The summed E-state index contributed by atoms with van der Waals surface area (Å²) < 4.78 is 20.5. The summed E-state index contributed by atoms with van der Waals surface area (Å²) in [4.78, 5) is 0.396. The molecule has 0 aromatic heterocycles. The lowest BCUT2D eigenvalue weighted by Gasteiger charge is -2.28. The van der Waals surface area contributed by atoms with E-state index in [2.05, 4.69) is 5.32 Å². The van der Waals surface area contributed by atoms with Crippen LogP contribution in [-0.4, -0.2) is 15.3 Å². The second-order valence-electron chi connectivity index (χ2n) is 4.96. The molecule has 0 aliphatic carbocycles. The minimum atomic E-state index is -1.98. The van der Waals surface area contributed by atoms with Gasteiger partial charge in [-0.15, -0.1) is 0 Å². The van der Waals surface area contributed by atoms with Crippen LogP contribution in [0.15, 0.2) is 41.3 Å². The average molecular weight is 342 g/mol. The molecule has 2 N–H and O–H groups in total. The van der Waals surface area contributed by atoms with Crippen LogP contribution in [0.4, 0.5) is 0 Å². The largest absolute Gasteiger partial charge is 0.312 e. The average Bonchev–Trinajstić information content (AvgIpc) is 2.46. The minimum Gasteiger partial charge on any atom is -0.312 e. The first-order valence-corrected chi connectivity index (χ1v) is 8.32. The highest BCUT2D eigenvalue weighted by Gasteiger charge is 2.24.